The largest absolute Gasteiger partial charge is 0.496 e. The highest BCUT2D eigenvalue weighted by atomic mass is 16.5. The standard InChI is InChI=1S/C19H23NO4/c1-22-16-7-5-4-6-15(16)13-20-19(21)11-9-14-8-10-17(23-2)18(12-14)24-3/h4-8,10,12H,9,11,13H2,1-3H3,(H,20,21). The van der Waals surface area contributed by atoms with Gasteiger partial charge in [0, 0.05) is 18.5 Å². The molecule has 24 heavy (non-hydrogen) atoms. The molecule has 2 aromatic carbocycles. The highest BCUT2D eigenvalue weighted by molar-refractivity contribution is 5.76. The molecule has 0 atom stereocenters. The molecule has 0 aliphatic carbocycles. The number of hydrogen-bond acceptors (Lipinski definition) is 4. The number of hydrogen-bond donors (Lipinski definition) is 1. The fraction of sp³-hybridized carbons (Fsp3) is 0.316. The molecule has 2 rings (SSSR count). The number of carbonyl (C=O) groups excluding carboxylic acids is 1. The quantitative estimate of drug-likeness (QED) is 0.809. The number of methoxy groups -OCH3 is 3. The number of nitrogens with one attached hydrogen (secondary N) is 1. The van der Waals surface area contributed by atoms with Gasteiger partial charge >= 0.3 is 0 Å². The van der Waals surface area contributed by atoms with E-state index in [0.717, 1.165) is 16.9 Å². The van der Waals surface area contributed by atoms with E-state index in [1.807, 2.05) is 42.5 Å². The Bertz CT molecular complexity index is 685. The Kier molecular flexibility index (Phi) is 6.49. The van der Waals surface area contributed by atoms with Gasteiger partial charge in [-0.05, 0) is 30.2 Å². The van der Waals surface area contributed by atoms with E-state index in [1.54, 1.807) is 21.3 Å². The lowest BCUT2D eigenvalue weighted by Gasteiger charge is -2.11. The SMILES string of the molecule is COc1ccccc1CNC(=O)CCc1ccc(OC)c(OC)c1. The van der Waals surface area contributed by atoms with E-state index in [9.17, 15) is 4.79 Å². The zero-order valence-corrected chi connectivity index (χ0v) is 14.3. The number of amides is 1. The predicted octanol–water partition coefficient (Wildman–Crippen LogP) is 2.96. The molecule has 0 saturated carbocycles. The molecule has 0 aliphatic heterocycles. The average Bonchev–Trinajstić information content (AvgIpc) is 2.64. The number of rotatable bonds is 8. The van der Waals surface area contributed by atoms with Crippen LogP contribution in [0.1, 0.15) is 17.5 Å². The van der Waals surface area contributed by atoms with Crippen LogP contribution < -0.4 is 19.5 Å². The lowest BCUT2D eigenvalue weighted by molar-refractivity contribution is -0.121. The van der Waals surface area contributed by atoms with Crippen molar-refractivity contribution >= 4 is 5.91 Å². The van der Waals surface area contributed by atoms with Crippen LogP contribution in [0.2, 0.25) is 0 Å². The molecule has 0 spiro atoms. The van der Waals surface area contributed by atoms with Crippen LogP contribution in [0, 0.1) is 0 Å². The first-order valence-corrected chi connectivity index (χ1v) is 7.77. The Morgan fingerprint density at radius 2 is 1.62 bits per heavy atom. The van der Waals surface area contributed by atoms with Gasteiger partial charge in [0.1, 0.15) is 5.75 Å². The Balaban J connectivity index is 1.87. The third kappa shape index (κ3) is 4.65. The van der Waals surface area contributed by atoms with Crippen molar-refractivity contribution < 1.29 is 19.0 Å². The summed E-state index contributed by atoms with van der Waals surface area (Å²) in [5, 5.41) is 2.92. The molecule has 5 heteroatoms. The molecule has 2 aromatic rings. The molecular formula is C19H23NO4. The zero-order chi connectivity index (χ0) is 17.4. The first-order valence-electron chi connectivity index (χ1n) is 7.77. The van der Waals surface area contributed by atoms with E-state index >= 15 is 0 Å². The summed E-state index contributed by atoms with van der Waals surface area (Å²) in [4.78, 5) is 12.1. The maximum Gasteiger partial charge on any atom is 0.220 e. The minimum Gasteiger partial charge on any atom is -0.496 e. The summed E-state index contributed by atoms with van der Waals surface area (Å²) in [5.41, 5.74) is 1.99. The smallest absolute Gasteiger partial charge is 0.220 e. The molecule has 0 fully saturated rings. The highest BCUT2D eigenvalue weighted by Gasteiger charge is 2.08. The Morgan fingerprint density at radius 3 is 2.33 bits per heavy atom. The van der Waals surface area contributed by atoms with Crippen molar-refractivity contribution in [3.05, 3.63) is 53.6 Å². The molecule has 0 unspecified atom stereocenters. The van der Waals surface area contributed by atoms with Gasteiger partial charge in [-0.2, -0.15) is 0 Å². The van der Waals surface area contributed by atoms with Crippen LogP contribution in [-0.2, 0) is 17.8 Å². The van der Waals surface area contributed by atoms with E-state index in [-0.39, 0.29) is 5.91 Å². The Hall–Kier alpha value is -2.69. The normalized spacial score (nSPS) is 10.1. The Labute approximate surface area is 142 Å². The van der Waals surface area contributed by atoms with Crippen LogP contribution in [0.5, 0.6) is 17.2 Å². The van der Waals surface area contributed by atoms with E-state index in [4.69, 9.17) is 14.2 Å². The van der Waals surface area contributed by atoms with Gasteiger partial charge in [-0.1, -0.05) is 24.3 Å². The van der Waals surface area contributed by atoms with Crippen molar-refractivity contribution in [2.45, 2.75) is 19.4 Å². The molecule has 128 valence electrons. The molecule has 0 bridgehead atoms. The second-order valence-electron chi connectivity index (χ2n) is 5.28. The fourth-order valence-electron chi connectivity index (χ4n) is 2.43. The van der Waals surface area contributed by atoms with Gasteiger partial charge in [0.15, 0.2) is 11.5 Å². The second kappa shape index (κ2) is 8.82. The maximum absolute atomic E-state index is 12.1. The molecule has 0 aromatic heterocycles. The van der Waals surface area contributed by atoms with Crippen LogP contribution in [-0.4, -0.2) is 27.2 Å². The van der Waals surface area contributed by atoms with Crippen molar-refractivity contribution in [3.63, 3.8) is 0 Å². The number of aryl methyl sites for hydroxylation is 1. The summed E-state index contributed by atoms with van der Waals surface area (Å²) in [5.74, 6) is 2.12. The monoisotopic (exact) mass is 329 g/mol. The van der Waals surface area contributed by atoms with E-state index in [1.165, 1.54) is 0 Å². The summed E-state index contributed by atoms with van der Waals surface area (Å²) in [6, 6.07) is 13.3. The minimum absolute atomic E-state index is 0.00399. The van der Waals surface area contributed by atoms with Gasteiger partial charge in [-0.3, -0.25) is 4.79 Å². The van der Waals surface area contributed by atoms with Crippen LogP contribution in [0.25, 0.3) is 0 Å². The summed E-state index contributed by atoms with van der Waals surface area (Å²) < 4.78 is 15.8. The average molecular weight is 329 g/mol. The number of carbonyl (C=O) groups is 1. The summed E-state index contributed by atoms with van der Waals surface area (Å²) >= 11 is 0. The number of para-hydroxylation sites is 1. The fourth-order valence-corrected chi connectivity index (χ4v) is 2.43. The zero-order valence-electron chi connectivity index (χ0n) is 14.3. The van der Waals surface area contributed by atoms with Gasteiger partial charge < -0.3 is 19.5 Å². The maximum atomic E-state index is 12.1. The molecule has 0 saturated heterocycles. The van der Waals surface area contributed by atoms with Crippen molar-refractivity contribution in [2.75, 3.05) is 21.3 Å². The van der Waals surface area contributed by atoms with Crippen LogP contribution in [0.15, 0.2) is 42.5 Å². The molecule has 0 heterocycles. The molecular weight excluding hydrogens is 306 g/mol. The predicted molar refractivity (Wildman–Crippen MR) is 92.7 cm³/mol. The lowest BCUT2D eigenvalue weighted by Crippen LogP contribution is -2.23. The highest BCUT2D eigenvalue weighted by Crippen LogP contribution is 2.27. The Morgan fingerprint density at radius 1 is 0.917 bits per heavy atom. The lowest BCUT2D eigenvalue weighted by atomic mass is 10.1. The molecule has 5 nitrogen and oxygen atoms in total. The van der Waals surface area contributed by atoms with Crippen molar-refractivity contribution in [1.29, 1.82) is 0 Å². The van der Waals surface area contributed by atoms with Crippen molar-refractivity contribution in [1.82, 2.24) is 5.32 Å². The van der Waals surface area contributed by atoms with Gasteiger partial charge in [0.2, 0.25) is 5.91 Å². The molecule has 0 radical (unpaired) electrons. The topological polar surface area (TPSA) is 56.8 Å². The van der Waals surface area contributed by atoms with Gasteiger partial charge in [0.05, 0.1) is 21.3 Å². The van der Waals surface area contributed by atoms with Gasteiger partial charge in [-0.15, -0.1) is 0 Å². The van der Waals surface area contributed by atoms with Crippen LogP contribution in [0.4, 0.5) is 0 Å². The molecule has 0 aliphatic rings. The van der Waals surface area contributed by atoms with Crippen LogP contribution >= 0.6 is 0 Å². The van der Waals surface area contributed by atoms with Gasteiger partial charge in [0.25, 0.3) is 0 Å². The van der Waals surface area contributed by atoms with E-state index in [0.29, 0.717) is 30.9 Å². The molecule has 1 N–H and O–H groups in total. The number of ether oxygens (including phenoxy) is 3. The van der Waals surface area contributed by atoms with E-state index < -0.39 is 0 Å². The molecule has 1 amide bonds. The summed E-state index contributed by atoms with van der Waals surface area (Å²) in [7, 11) is 4.82. The van der Waals surface area contributed by atoms with Gasteiger partial charge in [-0.25, -0.2) is 0 Å². The minimum atomic E-state index is -0.00399. The summed E-state index contributed by atoms with van der Waals surface area (Å²) in [6.07, 6.45) is 1.04. The third-order valence-electron chi connectivity index (χ3n) is 3.76. The van der Waals surface area contributed by atoms with E-state index in [2.05, 4.69) is 5.32 Å². The third-order valence-corrected chi connectivity index (χ3v) is 3.76. The first-order chi connectivity index (χ1) is 11.7. The number of benzene rings is 2. The van der Waals surface area contributed by atoms with Crippen molar-refractivity contribution in [3.8, 4) is 17.2 Å². The van der Waals surface area contributed by atoms with Crippen LogP contribution in [0.3, 0.4) is 0 Å². The second-order valence-corrected chi connectivity index (χ2v) is 5.28. The van der Waals surface area contributed by atoms with Crippen molar-refractivity contribution in [2.24, 2.45) is 0 Å². The first kappa shape index (κ1) is 17.7. The summed E-state index contributed by atoms with van der Waals surface area (Å²) in [6.45, 7) is 0.453.